The average Bonchev–Trinajstić information content (AvgIpc) is 2.79. The second kappa shape index (κ2) is 4.97. The summed E-state index contributed by atoms with van der Waals surface area (Å²) in [5.41, 5.74) is 10.9. The fourth-order valence-corrected chi connectivity index (χ4v) is 3.58. The molecule has 3 rings (SSSR count). The third-order valence-corrected chi connectivity index (χ3v) is 4.89. The summed E-state index contributed by atoms with van der Waals surface area (Å²) in [6, 6.07) is 6.39. The molecular formula is C15H16BrClN2. The summed E-state index contributed by atoms with van der Waals surface area (Å²) >= 11 is 9.89. The Morgan fingerprint density at radius 3 is 3.00 bits per heavy atom. The van der Waals surface area contributed by atoms with E-state index in [-0.39, 0.29) is 6.04 Å². The van der Waals surface area contributed by atoms with Crippen LogP contribution in [0.1, 0.15) is 35.7 Å². The van der Waals surface area contributed by atoms with Gasteiger partial charge in [0, 0.05) is 27.4 Å². The lowest BCUT2D eigenvalue weighted by molar-refractivity contribution is 0.560. The second-order valence-electron chi connectivity index (χ2n) is 5.14. The molecule has 1 aromatic heterocycles. The van der Waals surface area contributed by atoms with Crippen LogP contribution in [0.2, 0.25) is 5.02 Å². The van der Waals surface area contributed by atoms with Crippen molar-refractivity contribution >= 4 is 27.5 Å². The van der Waals surface area contributed by atoms with Gasteiger partial charge in [-0.1, -0.05) is 11.6 Å². The first kappa shape index (κ1) is 13.2. The molecule has 1 aliphatic carbocycles. The quantitative estimate of drug-likeness (QED) is 0.812. The number of fused-ring (bicyclic) bond motifs is 1. The molecular weight excluding hydrogens is 324 g/mol. The van der Waals surface area contributed by atoms with Crippen molar-refractivity contribution in [1.29, 1.82) is 0 Å². The van der Waals surface area contributed by atoms with E-state index in [1.165, 1.54) is 11.3 Å². The second-order valence-corrected chi connectivity index (χ2v) is 6.40. The van der Waals surface area contributed by atoms with Crippen molar-refractivity contribution < 1.29 is 0 Å². The Balaban J connectivity index is 2.16. The van der Waals surface area contributed by atoms with Crippen molar-refractivity contribution in [3.8, 4) is 5.69 Å². The van der Waals surface area contributed by atoms with E-state index in [4.69, 9.17) is 17.3 Å². The maximum atomic E-state index is 6.26. The molecule has 1 atom stereocenters. The lowest BCUT2D eigenvalue weighted by Gasteiger charge is -2.21. The molecule has 1 heterocycles. The van der Waals surface area contributed by atoms with Crippen molar-refractivity contribution in [3.63, 3.8) is 0 Å². The van der Waals surface area contributed by atoms with E-state index in [0.29, 0.717) is 0 Å². The number of aromatic nitrogens is 1. The van der Waals surface area contributed by atoms with E-state index >= 15 is 0 Å². The van der Waals surface area contributed by atoms with Crippen molar-refractivity contribution in [3.05, 3.63) is 50.7 Å². The zero-order valence-electron chi connectivity index (χ0n) is 10.8. The molecule has 2 nitrogen and oxygen atoms in total. The van der Waals surface area contributed by atoms with Gasteiger partial charge in [-0.05, 0) is 71.4 Å². The Morgan fingerprint density at radius 1 is 1.42 bits per heavy atom. The summed E-state index contributed by atoms with van der Waals surface area (Å²) in [7, 11) is 0. The van der Waals surface area contributed by atoms with Gasteiger partial charge in [0.15, 0.2) is 0 Å². The Hall–Kier alpha value is -0.770. The molecule has 0 saturated carbocycles. The minimum absolute atomic E-state index is 0.171. The minimum atomic E-state index is 0.171. The number of hydrogen-bond acceptors (Lipinski definition) is 1. The third-order valence-electron chi connectivity index (χ3n) is 3.84. The normalized spacial score (nSPS) is 18.4. The van der Waals surface area contributed by atoms with Crippen LogP contribution in [-0.2, 0) is 6.42 Å². The summed E-state index contributed by atoms with van der Waals surface area (Å²) in [4.78, 5) is 0. The van der Waals surface area contributed by atoms with Gasteiger partial charge in [0.05, 0.1) is 5.69 Å². The summed E-state index contributed by atoms with van der Waals surface area (Å²) in [6.45, 7) is 2.01. The van der Waals surface area contributed by atoms with Gasteiger partial charge in [-0.2, -0.15) is 0 Å². The smallest absolute Gasteiger partial charge is 0.0609 e. The lowest BCUT2D eigenvalue weighted by Crippen LogP contribution is -2.17. The number of aryl methyl sites for hydroxylation is 1. The zero-order valence-corrected chi connectivity index (χ0v) is 13.1. The number of halogens is 2. The molecule has 0 aliphatic heterocycles. The van der Waals surface area contributed by atoms with Crippen LogP contribution in [0, 0.1) is 6.92 Å². The summed E-state index contributed by atoms with van der Waals surface area (Å²) < 4.78 is 3.27. The number of hydrogen-bond donors (Lipinski definition) is 1. The molecule has 4 heteroatoms. The molecule has 2 N–H and O–H groups in total. The van der Waals surface area contributed by atoms with Crippen LogP contribution in [0.5, 0.6) is 0 Å². The predicted octanol–water partition coefficient (Wildman–Crippen LogP) is 4.54. The van der Waals surface area contributed by atoms with Gasteiger partial charge in [-0.3, -0.25) is 0 Å². The van der Waals surface area contributed by atoms with Gasteiger partial charge in [0.25, 0.3) is 0 Å². The standard InChI is InChI=1S/C15H16BrClN2/c1-9-7-11(16)15(8-12(9)17)19-6-5-10-13(18)3-2-4-14(10)19/h5-8,13H,2-4,18H2,1H3. The molecule has 1 aliphatic rings. The fourth-order valence-electron chi connectivity index (χ4n) is 2.77. The molecule has 0 fully saturated rings. The van der Waals surface area contributed by atoms with Crippen molar-refractivity contribution in [2.75, 3.05) is 0 Å². The van der Waals surface area contributed by atoms with Crippen molar-refractivity contribution in [1.82, 2.24) is 4.57 Å². The first-order valence-electron chi connectivity index (χ1n) is 6.49. The van der Waals surface area contributed by atoms with Crippen LogP contribution in [0.15, 0.2) is 28.9 Å². The molecule has 19 heavy (non-hydrogen) atoms. The maximum Gasteiger partial charge on any atom is 0.0609 e. The molecule has 2 aromatic rings. The number of rotatable bonds is 1. The van der Waals surface area contributed by atoms with Gasteiger partial charge in [-0.15, -0.1) is 0 Å². The van der Waals surface area contributed by atoms with Crippen LogP contribution >= 0.6 is 27.5 Å². The largest absolute Gasteiger partial charge is 0.324 e. The highest BCUT2D eigenvalue weighted by Crippen LogP contribution is 2.34. The average molecular weight is 340 g/mol. The van der Waals surface area contributed by atoms with Crippen LogP contribution in [0.25, 0.3) is 5.69 Å². The van der Waals surface area contributed by atoms with E-state index < -0.39 is 0 Å². The molecule has 1 aromatic carbocycles. The molecule has 0 bridgehead atoms. The molecule has 0 saturated heterocycles. The number of nitrogens with two attached hydrogens (primary N) is 1. The van der Waals surface area contributed by atoms with Gasteiger partial charge < -0.3 is 10.3 Å². The SMILES string of the molecule is Cc1cc(Br)c(-n2ccc3c2CCCC3N)cc1Cl. The predicted molar refractivity (Wildman–Crippen MR) is 83.1 cm³/mol. The first-order valence-corrected chi connectivity index (χ1v) is 7.66. The van der Waals surface area contributed by atoms with E-state index in [1.807, 2.05) is 13.0 Å². The van der Waals surface area contributed by atoms with Crippen molar-refractivity contribution in [2.24, 2.45) is 5.73 Å². The van der Waals surface area contributed by atoms with E-state index in [2.05, 4.69) is 38.8 Å². The van der Waals surface area contributed by atoms with Crippen LogP contribution < -0.4 is 5.73 Å². The molecule has 0 spiro atoms. The third kappa shape index (κ3) is 2.24. The Morgan fingerprint density at radius 2 is 2.21 bits per heavy atom. The van der Waals surface area contributed by atoms with Crippen molar-refractivity contribution in [2.45, 2.75) is 32.2 Å². The summed E-state index contributed by atoms with van der Waals surface area (Å²) in [5.74, 6) is 0. The monoisotopic (exact) mass is 338 g/mol. The van der Waals surface area contributed by atoms with Gasteiger partial charge >= 0.3 is 0 Å². The Labute approximate surface area is 126 Å². The molecule has 1 unspecified atom stereocenters. The van der Waals surface area contributed by atoms with Crippen LogP contribution in [0.4, 0.5) is 0 Å². The Kier molecular flexibility index (Phi) is 3.46. The van der Waals surface area contributed by atoms with Crippen LogP contribution in [-0.4, -0.2) is 4.57 Å². The minimum Gasteiger partial charge on any atom is -0.324 e. The van der Waals surface area contributed by atoms with E-state index in [9.17, 15) is 0 Å². The molecule has 0 amide bonds. The van der Waals surface area contributed by atoms with Gasteiger partial charge in [0.2, 0.25) is 0 Å². The highest BCUT2D eigenvalue weighted by molar-refractivity contribution is 9.10. The first-order chi connectivity index (χ1) is 9.08. The van der Waals surface area contributed by atoms with Crippen LogP contribution in [0.3, 0.4) is 0 Å². The van der Waals surface area contributed by atoms with Gasteiger partial charge in [0.1, 0.15) is 0 Å². The van der Waals surface area contributed by atoms with Gasteiger partial charge in [-0.25, -0.2) is 0 Å². The summed E-state index contributed by atoms with van der Waals surface area (Å²) in [6.07, 6.45) is 5.40. The highest BCUT2D eigenvalue weighted by atomic mass is 79.9. The Bertz CT molecular complexity index is 633. The summed E-state index contributed by atoms with van der Waals surface area (Å²) in [5, 5.41) is 0.792. The maximum absolute atomic E-state index is 6.26. The molecule has 0 radical (unpaired) electrons. The lowest BCUT2D eigenvalue weighted by atomic mass is 9.93. The number of nitrogens with zero attached hydrogens (tertiary/aromatic N) is 1. The fraction of sp³-hybridized carbons (Fsp3) is 0.333. The van der Waals surface area contributed by atoms with E-state index in [1.54, 1.807) is 0 Å². The topological polar surface area (TPSA) is 30.9 Å². The number of benzene rings is 1. The molecule has 100 valence electrons. The zero-order chi connectivity index (χ0) is 13.6. The van der Waals surface area contributed by atoms with E-state index in [0.717, 1.165) is 40.0 Å². The highest BCUT2D eigenvalue weighted by Gasteiger charge is 2.21.